The standard InChI is InChI=1S/C13H23N3OS/c1-3-14-13-15-8-12(18-13)10-16(2)9-11-6-4-5-7-17-11/h8,11H,3-7,9-10H2,1-2H3,(H,14,15). The SMILES string of the molecule is CCNc1ncc(CN(C)CC2CCCCO2)s1. The second-order valence-electron chi connectivity index (χ2n) is 4.85. The van der Waals surface area contributed by atoms with Gasteiger partial charge in [0.25, 0.3) is 0 Å². The van der Waals surface area contributed by atoms with Crippen molar-refractivity contribution >= 4 is 16.5 Å². The van der Waals surface area contributed by atoms with Crippen LogP contribution in [-0.2, 0) is 11.3 Å². The van der Waals surface area contributed by atoms with Crippen molar-refractivity contribution in [3.63, 3.8) is 0 Å². The Balaban J connectivity index is 1.76. The lowest BCUT2D eigenvalue weighted by molar-refractivity contribution is -0.00246. The summed E-state index contributed by atoms with van der Waals surface area (Å²) in [5.41, 5.74) is 0. The van der Waals surface area contributed by atoms with Gasteiger partial charge in [-0.05, 0) is 33.2 Å². The molecule has 1 fully saturated rings. The van der Waals surface area contributed by atoms with Crippen LogP contribution >= 0.6 is 11.3 Å². The van der Waals surface area contributed by atoms with Crippen molar-refractivity contribution in [2.45, 2.75) is 38.8 Å². The van der Waals surface area contributed by atoms with Crippen molar-refractivity contribution in [1.29, 1.82) is 0 Å². The molecule has 1 aromatic rings. The molecule has 1 N–H and O–H groups in total. The number of likely N-dealkylation sites (N-methyl/N-ethyl adjacent to an activating group) is 1. The molecule has 18 heavy (non-hydrogen) atoms. The fourth-order valence-electron chi connectivity index (χ4n) is 2.24. The van der Waals surface area contributed by atoms with E-state index in [2.05, 4.69) is 29.2 Å². The number of thiazole rings is 1. The summed E-state index contributed by atoms with van der Waals surface area (Å²) in [7, 11) is 2.16. The first-order chi connectivity index (χ1) is 8.78. The molecule has 1 aliphatic rings. The molecule has 0 aliphatic carbocycles. The fourth-order valence-corrected chi connectivity index (χ4v) is 3.20. The van der Waals surface area contributed by atoms with E-state index in [1.165, 1.54) is 24.1 Å². The number of hydrogen-bond donors (Lipinski definition) is 1. The molecule has 0 amide bonds. The van der Waals surface area contributed by atoms with Gasteiger partial charge in [0.05, 0.1) is 6.10 Å². The van der Waals surface area contributed by atoms with E-state index in [9.17, 15) is 0 Å². The topological polar surface area (TPSA) is 37.4 Å². The lowest BCUT2D eigenvalue weighted by atomic mass is 10.1. The molecular formula is C13H23N3OS. The predicted molar refractivity (Wildman–Crippen MR) is 76.2 cm³/mol. The lowest BCUT2D eigenvalue weighted by Crippen LogP contribution is -2.32. The predicted octanol–water partition coefficient (Wildman–Crippen LogP) is 2.58. The Hall–Kier alpha value is -0.650. The minimum absolute atomic E-state index is 0.421. The first-order valence-electron chi connectivity index (χ1n) is 6.76. The summed E-state index contributed by atoms with van der Waals surface area (Å²) >= 11 is 1.74. The van der Waals surface area contributed by atoms with Gasteiger partial charge in [0.15, 0.2) is 5.13 Å². The minimum atomic E-state index is 0.421. The van der Waals surface area contributed by atoms with Crippen LogP contribution < -0.4 is 5.32 Å². The Morgan fingerprint density at radius 2 is 2.44 bits per heavy atom. The maximum Gasteiger partial charge on any atom is 0.182 e. The van der Waals surface area contributed by atoms with Gasteiger partial charge in [-0.2, -0.15) is 0 Å². The normalized spacial score (nSPS) is 20.3. The molecule has 0 saturated carbocycles. The molecule has 1 aliphatic heterocycles. The third-order valence-electron chi connectivity index (χ3n) is 3.10. The number of ether oxygens (including phenoxy) is 1. The van der Waals surface area contributed by atoms with E-state index in [0.717, 1.165) is 31.4 Å². The maximum absolute atomic E-state index is 5.76. The van der Waals surface area contributed by atoms with E-state index in [1.807, 2.05) is 6.20 Å². The lowest BCUT2D eigenvalue weighted by Gasteiger charge is -2.27. The number of hydrogen-bond acceptors (Lipinski definition) is 5. The maximum atomic E-state index is 5.76. The number of rotatable bonds is 6. The largest absolute Gasteiger partial charge is 0.377 e. The molecule has 1 aromatic heterocycles. The molecule has 1 saturated heterocycles. The number of nitrogens with one attached hydrogen (secondary N) is 1. The molecule has 0 spiro atoms. The van der Waals surface area contributed by atoms with E-state index in [4.69, 9.17) is 4.74 Å². The highest BCUT2D eigenvalue weighted by Gasteiger charge is 2.16. The zero-order chi connectivity index (χ0) is 12.8. The van der Waals surface area contributed by atoms with Gasteiger partial charge in [-0.1, -0.05) is 0 Å². The first kappa shape index (κ1) is 13.8. The third kappa shape index (κ3) is 4.23. The molecule has 0 radical (unpaired) electrons. The van der Waals surface area contributed by atoms with Crippen molar-refractivity contribution in [1.82, 2.24) is 9.88 Å². The molecule has 1 atom stereocenters. The van der Waals surface area contributed by atoms with E-state index in [1.54, 1.807) is 11.3 Å². The van der Waals surface area contributed by atoms with Crippen molar-refractivity contribution in [2.75, 3.05) is 32.1 Å². The summed E-state index contributed by atoms with van der Waals surface area (Å²) in [6, 6.07) is 0. The molecule has 0 aromatic carbocycles. The van der Waals surface area contributed by atoms with E-state index in [-0.39, 0.29) is 0 Å². The van der Waals surface area contributed by atoms with Crippen molar-refractivity contribution < 1.29 is 4.74 Å². The van der Waals surface area contributed by atoms with Crippen LogP contribution in [0.1, 0.15) is 31.1 Å². The van der Waals surface area contributed by atoms with Crippen LogP contribution in [0.15, 0.2) is 6.20 Å². The highest BCUT2D eigenvalue weighted by Crippen LogP contribution is 2.20. The van der Waals surface area contributed by atoms with Crippen LogP contribution in [-0.4, -0.2) is 42.7 Å². The number of nitrogens with zero attached hydrogens (tertiary/aromatic N) is 2. The molecule has 2 heterocycles. The second kappa shape index (κ2) is 7.07. The van der Waals surface area contributed by atoms with E-state index >= 15 is 0 Å². The van der Waals surface area contributed by atoms with Crippen LogP contribution in [0.5, 0.6) is 0 Å². The van der Waals surface area contributed by atoms with Gasteiger partial charge in [0.2, 0.25) is 0 Å². The van der Waals surface area contributed by atoms with E-state index in [0.29, 0.717) is 6.10 Å². The summed E-state index contributed by atoms with van der Waals surface area (Å²) in [6.07, 6.45) is 6.13. The van der Waals surface area contributed by atoms with E-state index < -0.39 is 0 Å². The molecule has 1 unspecified atom stereocenters. The molecular weight excluding hydrogens is 246 g/mol. The number of aromatic nitrogens is 1. The Kier molecular flexibility index (Phi) is 5.41. The second-order valence-corrected chi connectivity index (χ2v) is 5.96. The summed E-state index contributed by atoms with van der Waals surface area (Å²) in [5.74, 6) is 0. The van der Waals surface area contributed by atoms with Crippen molar-refractivity contribution in [3.05, 3.63) is 11.1 Å². The monoisotopic (exact) mass is 269 g/mol. The smallest absolute Gasteiger partial charge is 0.182 e. The Morgan fingerprint density at radius 1 is 1.56 bits per heavy atom. The van der Waals surface area contributed by atoms with Gasteiger partial charge < -0.3 is 10.1 Å². The fraction of sp³-hybridized carbons (Fsp3) is 0.769. The van der Waals surface area contributed by atoms with Crippen LogP contribution in [0.4, 0.5) is 5.13 Å². The zero-order valence-corrected chi connectivity index (χ0v) is 12.1. The Bertz CT molecular complexity index is 350. The average molecular weight is 269 g/mol. The van der Waals surface area contributed by atoms with Crippen molar-refractivity contribution in [2.24, 2.45) is 0 Å². The summed E-state index contributed by atoms with van der Waals surface area (Å²) in [5, 5.41) is 4.27. The summed E-state index contributed by atoms with van der Waals surface area (Å²) < 4.78 is 5.76. The molecule has 5 heteroatoms. The average Bonchev–Trinajstić information content (AvgIpc) is 2.78. The van der Waals surface area contributed by atoms with Gasteiger partial charge in [0, 0.05) is 37.3 Å². The summed E-state index contributed by atoms with van der Waals surface area (Å²) in [6.45, 7) is 5.94. The molecule has 0 bridgehead atoms. The number of anilines is 1. The van der Waals surface area contributed by atoms with Crippen LogP contribution in [0.2, 0.25) is 0 Å². The van der Waals surface area contributed by atoms with Crippen LogP contribution in [0.25, 0.3) is 0 Å². The Labute approximate surface area is 113 Å². The molecule has 2 rings (SSSR count). The zero-order valence-electron chi connectivity index (χ0n) is 11.3. The van der Waals surface area contributed by atoms with Gasteiger partial charge in [-0.3, -0.25) is 4.90 Å². The van der Waals surface area contributed by atoms with Crippen molar-refractivity contribution in [3.8, 4) is 0 Å². The highest BCUT2D eigenvalue weighted by molar-refractivity contribution is 7.15. The molecule has 102 valence electrons. The van der Waals surface area contributed by atoms with Gasteiger partial charge >= 0.3 is 0 Å². The summed E-state index contributed by atoms with van der Waals surface area (Å²) in [4.78, 5) is 8.00. The van der Waals surface area contributed by atoms with Crippen LogP contribution in [0.3, 0.4) is 0 Å². The highest BCUT2D eigenvalue weighted by atomic mass is 32.1. The van der Waals surface area contributed by atoms with Gasteiger partial charge in [-0.15, -0.1) is 11.3 Å². The first-order valence-corrected chi connectivity index (χ1v) is 7.58. The van der Waals surface area contributed by atoms with Gasteiger partial charge in [0.1, 0.15) is 0 Å². The minimum Gasteiger partial charge on any atom is -0.377 e. The third-order valence-corrected chi connectivity index (χ3v) is 4.04. The Morgan fingerprint density at radius 3 is 3.17 bits per heavy atom. The molecule has 4 nitrogen and oxygen atoms in total. The van der Waals surface area contributed by atoms with Crippen LogP contribution in [0, 0.1) is 0 Å². The van der Waals surface area contributed by atoms with Gasteiger partial charge in [-0.25, -0.2) is 4.98 Å². The quantitative estimate of drug-likeness (QED) is 0.861.